The molecule has 2 heterocycles. The number of carboxylic acid groups (broad SMARTS) is 1. The highest BCUT2D eigenvalue weighted by atomic mass is 19.1. The van der Waals surface area contributed by atoms with Crippen molar-refractivity contribution < 1.29 is 33.0 Å². The normalized spacial score (nSPS) is 23.8. The van der Waals surface area contributed by atoms with Crippen molar-refractivity contribution in [1.29, 1.82) is 0 Å². The van der Waals surface area contributed by atoms with Crippen molar-refractivity contribution in [2.75, 3.05) is 31.2 Å². The molecule has 1 aromatic rings. The molecule has 134 valence electrons. The van der Waals surface area contributed by atoms with Crippen molar-refractivity contribution in [1.82, 2.24) is 4.90 Å². The predicted molar refractivity (Wildman–Crippen MR) is 80.8 cm³/mol. The van der Waals surface area contributed by atoms with Crippen LogP contribution in [0.3, 0.4) is 0 Å². The number of anilines is 1. The highest BCUT2D eigenvalue weighted by molar-refractivity contribution is 6.00. The molecule has 2 atom stereocenters. The van der Waals surface area contributed by atoms with Crippen LogP contribution in [0.15, 0.2) is 18.2 Å². The molecule has 1 N–H and O–H groups in total. The van der Waals surface area contributed by atoms with Gasteiger partial charge < -0.3 is 19.6 Å². The third-order valence-electron chi connectivity index (χ3n) is 4.33. The zero-order valence-electron chi connectivity index (χ0n) is 13.2. The van der Waals surface area contributed by atoms with E-state index in [1.807, 2.05) is 0 Å². The Morgan fingerprint density at radius 2 is 1.88 bits per heavy atom. The van der Waals surface area contributed by atoms with E-state index in [0.717, 1.165) is 17.0 Å². The maximum absolute atomic E-state index is 13.4. The summed E-state index contributed by atoms with van der Waals surface area (Å²) in [6, 6.07) is 1.63. The molecular weight excluding hydrogens is 338 g/mol. The van der Waals surface area contributed by atoms with E-state index in [1.165, 1.54) is 4.90 Å². The molecule has 2 saturated heterocycles. The van der Waals surface area contributed by atoms with E-state index in [9.17, 15) is 28.3 Å². The molecule has 0 spiro atoms. The first-order valence-corrected chi connectivity index (χ1v) is 7.74. The molecule has 2 fully saturated rings. The Kier molecular flexibility index (Phi) is 4.67. The van der Waals surface area contributed by atoms with Gasteiger partial charge in [0.25, 0.3) is 0 Å². The lowest BCUT2D eigenvalue weighted by Crippen LogP contribution is -2.54. The van der Waals surface area contributed by atoms with Crippen LogP contribution in [-0.2, 0) is 19.1 Å². The third-order valence-corrected chi connectivity index (χ3v) is 4.33. The summed E-state index contributed by atoms with van der Waals surface area (Å²) >= 11 is 0. The highest BCUT2D eigenvalue weighted by Crippen LogP contribution is 2.28. The van der Waals surface area contributed by atoms with Gasteiger partial charge in [-0.05, 0) is 12.1 Å². The fraction of sp³-hybridized carbons (Fsp3) is 0.438. The van der Waals surface area contributed by atoms with E-state index >= 15 is 0 Å². The number of carbonyl (C=O) groups is 3. The molecule has 0 aliphatic carbocycles. The smallest absolute Gasteiger partial charge is 0.328 e. The molecule has 9 heteroatoms. The zero-order valence-corrected chi connectivity index (χ0v) is 13.2. The summed E-state index contributed by atoms with van der Waals surface area (Å²) in [6.07, 6.45) is -0.138. The number of hydrogen-bond donors (Lipinski definition) is 1. The van der Waals surface area contributed by atoms with Crippen LogP contribution in [0, 0.1) is 17.6 Å². The van der Waals surface area contributed by atoms with E-state index in [2.05, 4.69) is 0 Å². The Labute approximate surface area is 141 Å². The molecule has 2 amide bonds. The van der Waals surface area contributed by atoms with E-state index in [-0.39, 0.29) is 38.4 Å². The van der Waals surface area contributed by atoms with Crippen LogP contribution in [0.4, 0.5) is 14.5 Å². The Morgan fingerprint density at radius 1 is 1.20 bits per heavy atom. The van der Waals surface area contributed by atoms with Crippen LogP contribution in [0.5, 0.6) is 0 Å². The number of benzene rings is 1. The number of amides is 2. The second kappa shape index (κ2) is 6.75. The lowest BCUT2D eigenvalue weighted by Gasteiger charge is -2.34. The molecule has 2 aliphatic rings. The van der Waals surface area contributed by atoms with Crippen LogP contribution in [0.2, 0.25) is 0 Å². The van der Waals surface area contributed by atoms with Gasteiger partial charge in [0.2, 0.25) is 11.8 Å². The van der Waals surface area contributed by atoms with Gasteiger partial charge in [0.1, 0.15) is 11.6 Å². The molecular formula is C16H16F2N2O5. The van der Waals surface area contributed by atoms with Gasteiger partial charge in [-0.15, -0.1) is 0 Å². The minimum Gasteiger partial charge on any atom is -0.480 e. The van der Waals surface area contributed by atoms with E-state index < -0.39 is 41.4 Å². The molecule has 0 saturated carbocycles. The lowest BCUT2D eigenvalue weighted by atomic mass is 10.1. The van der Waals surface area contributed by atoms with Crippen molar-refractivity contribution in [3.05, 3.63) is 29.8 Å². The molecule has 7 nitrogen and oxygen atoms in total. The van der Waals surface area contributed by atoms with Gasteiger partial charge >= 0.3 is 5.97 Å². The first-order valence-electron chi connectivity index (χ1n) is 7.74. The Morgan fingerprint density at radius 3 is 2.52 bits per heavy atom. The van der Waals surface area contributed by atoms with Crippen LogP contribution in [0.1, 0.15) is 6.42 Å². The number of ether oxygens (including phenoxy) is 1. The number of morpholine rings is 1. The van der Waals surface area contributed by atoms with Crippen LogP contribution < -0.4 is 4.90 Å². The number of rotatable bonds is 3. The average Bonchev–Trinajstić information content (AvgIpc) is 2.95. The number of hydrogen-bond acceptors (Lipinski definition) is 4. The minimum atomic E-state index is -1.18. The molecule has 0 aromatic heterocycles. The van der Waals surface area contributed by atoms with Crippen LogP contribution in [0.25, 0.3) is 0 Å². The van der Waals surface area contributed by atoms with Crippen molar-refractivity contribution in [3.63, 3.8) is 0 Å². The van der Waals surface area contributed by atoms with Gasteiger partial charge in [0, 0.05) is 31.3 Å². The summed E-state index contributed by atoms with van der Waals surface area (Å²) < 4.78 is 31.8. The van der Waals surface area contributed by atoms with Crippen molar-refractivity contribution >= 4 is 23.5 Å². The predicted octanol–water partition coefficient (Wildman–Crippen LogP) is 0.630. The van der Waals surface area contributed by atoms with E-state index in [4.69, 9.17) is 4.74 Å². The van der Waals surface area contributed by atoms with Gasteiger partial charge in [0.05, 0.1) is 19.1 Å². The van der Waals surface area contributed by atoms with Crippen molar-refractivity contribution in [2.45, 2.75) is 12.5 Å². The maximum Gasteiger partial charge on any atom is 0.328 e. The van der Waals surface area contributed by atoms with Crippen molar-refractivity contribution in [3.8, 4) is 0 Å². The largest absolute Gasteiger partial charge is 0.480 e. The van der Waals surface area contributed by atoms with Gasteiger partial charge in [-0.25, -0.2) is 13.6 Å². The summed E-state index contributed by atoms with van der Waals surface area (Å²) in [5.41, 5.74) is 0.0366. The average molecular weight is 354 g/mol. The monoisotopic (exact) mass is 354 g/mol. The fourth-order valence-electron chi connectivity index (χ4n) is 3.12. The summed E-state index contributed by atoms with van der Waals surface area (Å²) in [5, 5.41) is 9.21. The molecule has 3 rings (SSSR count). The Hall–Kier alpha value is -2.55. The van der Waals surface area contributed by atoms with E-state index in [1.54, 1.807) is 0 Å². The second-order valence-electron chi connectivity index (χ2n) is 5.99. The molecule has 1 aromatic carbocycles. The van der Waals surface area contributed by atoms with Crippen LogP contribution >= 0.6 is 0 Å². The number of halogens is 2. The second-order valence-corrected chi connectivity index (χ2v) is 5.99. The zero-order chi connectivity index (χ0) is 18.1. The summed E-state index contributed by atoms with van der Waals surface area (Å²) in [4.78, 5) is 38.4. The lowest BCUT2D eigenvalue weighted by molar-refractivity contribution is -0.160. The summed E-state index contributed by atoms with van der Waals surface area (Å²) in [5.74, 6) is -4.50. The summed E-state index contributed by atoms with van der Waals surface area (Å²) in [6.45, 7) is 0.176. The first-order chi connectivity index (χ1) is 11.9. The van der Waals surface area contributed by atoms with E-state index in [0.29, 0.717) is 6.07 Å². The number of aliphatic carboxylic acids is 1. The number of carboxylic acids is 1. The van der Waals surface area contributed by atoms with Crippen LogP contribution in [-0.4, -0.2) is 60.1 Å². The van der Waals surface area contributed by atoms with Gasteiger partial charge in [-0.1, -0.05) is 0 Å². The summed E-state index contributed by atoms with van der Waals surface area (Å²) in [7, 11) is 0. The molecule has 25 heavy (non-hydrogen) atoms. The standard InChI is InChI=1S/C16H16F2N2O5/c17-10-4-11(18)6-12(5-10)20-7-9(3-14(20)21)15(22)19-1-2-25-8-13(19)16(23)24/h4-6,9,13H,1-3,7-8H2,(H,23,24)/t9-,13+/m0/s1. The quantitative estimate of drug-likeness (QED) is 0.860. The SMILES string of the molecule is O=C(O)[C@H]1COCCN1C(=O)[C@H]1CC(=O)N(c2cc(F)cc(F)c2)C1. The highest BCUT2D eigenvalue weighted by Gasteiger charge is 2.41. The molecule has 2 aliphatic heterocycles. The minimum absolute atomic E-state index is 0.0366. The maximum atomic E-state index is 13.4. The first kappa shape index (κ1) is 17.3. The molecule has 0 unspecified atom stereocenters. The van der Waals surface area contributed by atoms with Gasteiger partial charge in [0.15, 0.2) is 6.04 Å². The number of carbonyl (C=O) groups excluding carboxylic acids is 2. The third kappa shape index (κ3) is 3.46. The van der Waals surface area contributed by atoms with Gasteiger partial charge in [-0.3, -0.25) is 9.59 Å². The Bertz CT molecular complexity index is 706. The molecule has 0 bridgehead atoms. The topological polar surface area (TPSA) is 87.1 Å². The van der Waals surface area contributed by atoms with Gasteiger partial charge in [-0.2, -0.15) is 0 Å². The molecule has 0 radical (unpaired) electrons. The Balaban J connectivity index is 1.77. The fourth-order valence-corrected chi connectivity index (χ4v) is 3.12. The number of nitrogens with zero attached hydrogens (tertiary/aromatic N) is 2. The van der Waals surface area contributed by atoms with Crippen molar-refractivity contribution in [2.24, 2.45) is 5.92 Å².